The van der Waals surface area contributed by atoms with Crippen molar-refractivity contribution in [1.29, 1.82) is 0 Å². The maximum absolute atomic E-state index is 13.2. The van der Waals surface area contributed by atoms with E-state index < -0.39 is 32.4 Å². The highest BCUT2D eigenvalue weighted by Crippen LogP contribution is 2.28. The standard InChI is InChI=1S/C36H24F2O5S3/c37-25-1-13-31(14-2-25)44(39)33-17-5-27(6-18-33)42-29-9-21-35(22-10-29)46(41)36-23-11-30(12-24-36)43-28-7-19-34(20-8-28)45(40)32-15-3-26(38)4-16-32/h1-24H. The lowest BCUT2D eigenvalue weighted by atomic mass is 10.3. The molecule has 6 rings (SSSR count). The Morgan fingerprint density at radius 1 is 0.304 bits per heavy atom. The highest BCUT2D eigenvalue weighted by atomic mass is 32.2. The second-order valence-corrected chi connectivity index (χ2v) is 14.2. The first kappa shape index (κ1) is 31.2. The highest BCUT2D eigenvalue weighted by Gasteiger charge is 2.11. The average Bonchev–Trinajstić information content (AvgIpc) is 3.09. The average molecular weight is 671 g/mol. The predicted molar refractivity (Wildman–Crippen MR) is 173 cm³/mol. The maximum Gasteiger partial charge on any atom is 0.127 e. The van der Waals surface area contributed by atoms with Gasteiger partial charge in [-0.1, -0.05) is 0 Å². The van der Waals surface area contributed by atoms with E-state index in [1.54, 1.807) is 97.1 Å². The summed E-state index contributed by atoms with van der Waals surface area (Å²) in [5.41, 5.74) is 0. The molecule has 0 saturated heterocycles. The lowest BCUT2D eigenvalue weighted by Crippen LogP contribution is -1.95. The minimum absolute atomic E-state index is 0.385. The number of hydrogen-bond donors (Lipinski definition) is 0. The first-order chi connectivity index (χ1) is 22.3. The fourth-order valence-electron chi connectivity index (χ4n) is 4.32. The molecule has 0 saturated carbocycles. The Labute approximate surface area is 271 Å². The largest absolute Gasteiger partial charge is 0.457 e. The van der Waals surface area contributed by atoms with Crippen LogP contribution in [0.5, 0.6) is 23.0 Å². The molecule has 0 aliphatic carbocycles. The van der Waals surface area contributed by atoms with Crippen molar-refractivity contribution in [3.63, 3.8) is 0 Å². The number of halogens is 2. The molecule has 0 bridgehead atoms. The molecule has 6 aromatic rings. The van der Waals surface area contributed by atoms with E-state index in [9.17, 15) is 21.4 Å². The summed E-state index contributed by atoms with van der Waals surface area (Å²) in [7, 11) is -4.32. The Balaban J connectivity index is 1.04. The van der Waals surface area contributed by atoms with Crippen LogP contribution in [0.25, 0.3) is 0 Å². The van der Waals surface area contributed by atoms with Gasteiger partial charge >= 0.3 is 0 Å². The van der Waals surface area contributed by atoms with Crippen molar-refractivity contribution in [2.24, 2.45) is 0 Å². The number of benzene rings is 6. The van der Waals surface area contributed by atoms with Crippen LogP contribution >= 0.6 is 0 Å². The van der Waals surface area contributed by atoms with E-state index in [-0.39, 0.29) is 11.6 Å². The van der Waals surface area contributed by atoms with Gasteiger partial charge in [-0.3, -0.25) is 0 Å². The van der Waals surface area contributed by atoms with Crippen molar-refractivity contribution in [3.8, 4) is 23.0 Å². The van der Waals surface area contributed by atoms with Crippen molar-refractivity contribution >= 4 is 32.4 Å². The minimum atomic E-state index is -1.44. The van der Waals surface area contributed by atoms with Gasteiger partial charge in [-0.2, -0.15) is 0 Å². The molecule has 230 valence electrons. The van der Waals surface area contributed by atoms with Gasteiger partial charge < -0.3 is 9.47 Å². The van der Waals surface area contributed by atoms with Gasteiger partial charge in [0.15, 0.2) is 0 Å². The zero-order valence-electron chi connectivity index (χ0n) is 23.9. The van der Waals surface area contributed by atoms with E-state index in [1.807, 2.05) is 0 Å². The summed E-state index contributed by atoms with van der Waals surface area (Å²) in [5.74, 6) is 1.40. The van der Waals surface area contributed by atoms with Crippen LogP contribution in [0.3, 0.4) is 0 Å². The molecule has 0 spiro atoms. The third kappa shape index (κ3) is 7.54. The summed E-state index contributed by atoms with van der Waals surface area (Å²) < 4.78 is 76.8. The maximum atomic E-state index is 13.2. The van der Waals surface area contributed by atoms with Gasteiger partial charge in [-0.15, -0.1) is 0 Å². The Morgan fingerprint density at radius 2 is 0.478 bits per heavy atom. The Morgan fingerprint density at radius 3 is 0.674 bits per heavy atom. The van der Waals surface area contributed by atoms with E-state index in [4.69, 9.17) is 9.47 Å². The summed E-state index contributed by atoms with van der Waals surface area (Å²) in [6, 6.07) is 38.5. The van der Waals surface area contributed by atoms with Crippen LogP contribution in [0, 0.1) is 11.6 Å². The molecule has 2 atom stereocenters. The van der Waals surface area contributed by atoms with Crippen LogP contribution in [-0.4, -0.2) is 12.6 Å². The molecule has 0 radical (unpaired) electrons. The summed E-state index contributed by atoms with van der Waals surface area (Å²) in [5, 5.41) is 0. The minimum Gasteiger partial charge on any atom is -0.457 e. The van der Waals surface area contributed by atoms with Crippen LogP contribution in [0.4, 0.5) is 8.78 Å². The van der Waals surface area contributed by atoms with Crippen LogP contribution in [-0.2, 0) is 32.4 Å². The zero-order chi connectivity index (χ0) is 32.0. The number of hydrogen-bond acceptors (Lipinski definition) is 5. The number of rotatable bonds is 10. The molecule has 0 N–H and O–H groups in total. The molecule has 0 aliphatic heterocycles. The summed E-state index contributed by atoms with van der Waals surface area (Å²) in [6.07, 6.45) is 0. The zero-order valence-corrected chi connectivity index (χ0v) is 26.3. The smallest absolute Gasteiger partial charge is 0.127 e. The topological polar surface area (TPSA) is 69.7 Å². The first-order valence-electron chi connectivity index (χ1n) is 13.8. The molecular formula is C36H24F2O5S3. The van der Waals surface area contributed by atoms with Crippen LogP contribution in [0.15, 0.2) is 175 Å². The van der Waals surface area contributed by atoms with E-state index in [2.05, 4.69) is 0 Å². The first-order valence-corrected chi connectivity index (χ1v) is 17.3. The number of ether oxygens (including phenoxy) is 2. The van der Waals surface area contributed by atoms with Crippen molar-refractivity contribution in [1.82, 2.24) is 0 Å². The van der Waals surface area contributed by atoms with Gasteiger partial charge in [0.1, 0.15) is 34.6 Å². The van der Waals surface area contributed by atoms with Crippen molar-refractivity contribution < 1.29 is 30.9 Å². The summed E-state index contributed by atoms with van der Waals surface area (Å²) in [6.45, 7) is 0. The lowest BCUT2D eigenvalue weighted by molar-refractivity contribution is 0.481. The molecule has 6 aromatic carbocycles. The molecule has 5 nitrogen and oxygen atoms in total. The van der Waals surface area contributed by atoms with E-state index in [0.717, 1.165) is 0 Å². The monoisotopic (exact) mass is 670 g/mol. The van der Waals surface area contributed by atoms with Crippen molar-refractivity contribution in [3.05, 3.63) is 157 Å². The third-order valence-electron chi connectivity index (χ3n) is 6.68. The van der Waals surface area contributed by atoms with Gasteiger partial charge in [0.2, 0.25) is 0 Å². The highest BCUT2D eigenvalue weighted by molar-refractivity contribution is 7.85. The summed E-state index contributed by atoms with van der Waals surface area (Å²) >= 11 is 0. The van der Waals surface area contributed by atoms with Crippen molar-refractivity contribution in [2.75, 3.05) is 0 Å². The van der Waals surface area contributed by atoms with Gasteiger partial charge in [0.25, 0.3) is 0 Å². The predicted octanol–water partition coefficient (Wildman–Crippen LogP) is 9.05. The van der Waals surface area contributed by atoms with E-state index in [1.165, 1.54) is 48.5 Å². The lowest BCUT2D eigenvalue weighted by Gasteiger charge is -2.09. The van der Waals surface area contributed by atoms with Crippen LogP contribution in [0.2, 0.25) is 0 Å². The third-order valence-corrected chi connectivity index (χ3v) is 10.9. The van der Waals surface area contributed by atoms with Crippen molar-refractivity contribution in [2.45, 2.75) is 29.4 Å². The fourth-order valence-corrected chi connectivity index (χ4v) is 7.44. The van der Waals surface area contributed by atoms with E-state index >= 15 is 0 Å². The molecule has 2 unspecified atom stereocenters. The van der Waals surface area contributed by atoms with Crippen LogP contribution in [0.1, 0.15) is 0 Å². The molecule has 10 heteroatoms. The van der Waals surface area contributed by atoms with E-state index in [0.29, 0.717) is 52.4 Å². The Kier molecular flexibility index (Phi) is 9.58. The van der Waals surface area contributed by atoms with Crippen LogP contribution < -0.4 is 9.47 Å². The second-order valence-electron chi connectivity index (χ2n) is 9.80. The van der Waals surface area contributed by atoms with Gasteiger partial charge in [-0.25, -0.2) is 21.4 Å². The molecule has 46 heavy (non-hydrogen) atoms. The van der Waals surface area contributed by atoms with Gasteiger partial charge in [0.05, 0.1) is 32.4 Å². The molecular weight excluding hydrogens is 647 g/mol. The fraction of sp³-hybridized carbons (Fsp3) is 0. The molecule has 0 heterocycles. The second kappa shape index (κ2) is 14.1. The molecule has 0 amide bonds. The molecule has 0 aromatic heterocycles. The SMILES string of the molecule is O=S(c1ccc(F)cc1)c1ccc(Oc2ccc(S(=O)c3ccc(Oc4ccc(S(=O)c5ccc(F)cc5)cc4)cc3)cc2)cc1. The quantitative estimate of drug-likeness (QED) is 0.146. The molecule has 0 aliphatic rings. The molecule has 0 fully saturated rings. The van der Waals surface area contributed by atoms with Gasteiger partial charge in [-0.05, 0) is 146 Å². The normalized spacial score (nSPS) is 13.0. The Hall–Kier alpha value is -4.77. The Bertz CT molecular complexity index is 1870. The van der Waals surface area contributed by atoms with Gasteiger partial charge in [0, 0.05) is 29.4 Å². The summed E-state index contributed by atoms with van der Waals surface area (Å²) in [4.78, 5) is 3.33.